The molecule has 1 aromatic rings. The van der Waals surface area contributed by atoms with Crippen LogP contribution in [0.1, 0.15) is 30.6 Å². The molecule has 2 rings (SSSR count). The fraction of sp³-hybridized carbons (Fsp3) is 0.692. The molecule has 1 saturated heterocycles. The number of nitrogens with one attached hydrogen (secondary N) is 1. The standard InChI is InChI=1S/C13H20BrClN2S/c14-12-9-11(18-13(12)15)10-16-5-8-17-6-3-1-2-4-7-17/h9,16H,1-8,10H2. The van der Waals surface area contributed by atoms with E-state index in [9.17, 15) is 0 Å². The molecule has 1 aromatic heterocycles. The Hall–Kier alpha value is 0.390. The average Bonchev–Trinajstić information content (AvgIpc) is 2.59. The van der Waals surface area contributed by atoms with Gasteiger partial charge in [0.05, 0.1) is 0 Å². The molecule has 2 nitrogen and oxygen atoms in total. The lowest BCUT2D eigenvalue weighted by atomic mass is 10.2. The van der Waals surface area contributed by atoms with Gasteiger partial charge in [0.25, 0.3) is 0 Å². The summed E-state index contributed by atoms with van der Waals surface area (Å²) >= 11 is 11.1. The maximum Gasteiger partial charge on any atom is 0.107 e. The van der Waals surface area contributed by atoms with Gasteiger partial charge >= 0.3 is 0 Å². The number of thiophene rings is 1. The minimum Gasteiger partial charge on any atom is -0.311 e. The van der Waals surface area contributed by atoms with Crippen LogP contribution in [0.5, 0.6) is 0 Å². The van der Waals surface area contributed by atoms with Crippen LogP contribution in [0.25, 0.3) is 0 Å². The molecule has 1 aliphatic heterocycles. The van der Waals surface area contributed by atoms with Crippen LogP contribution in [-0.2, 0) is 6.54 Å². The molecule has 102 valence electrons. The van der Waals surface area contributed by atoms with E-state index in [-0.39, 0.29) is 0 Å². The molecule has 0 spiro atoms. The van der Waals surface area contributed by atoms with Gasteiger partial charge in [0, 0.05) is 29.0 Å². The first kappa shape index (κ1) is 14.8. The van der Waals surface area contributed by atoms with Crippen molar-refractivity contribution in [1.82, 2.24) is 10.2 Å². The SMILES string of the molecule is Clc1sc(CNCCN2CCCCCC2)cc1Br. The van der Waals surface area contributed by atoms with Crippen molar-refractivity contribution < 1.29 is 0 Å². The summed E-state index contributed by atoms with van der Waals surface area (Å²) < 4.78 is 1.86. The summed E-state index contributed by atoms with van der Waals surface area (Å²) in [5, 5.41) is 3.50. The topological polar surface area (TPSA) is 15.3 Å². The first-order valence-electron chi connectivity index (χ1n) is 6.62. The largest absolute Gasteiger partial charge is 0.311 e. The highest BCUT2D eigenvalue weighted by molar-refractivity contribution is 9.10. The summed E-state index contributed by atoms with van der Waals surface area (Å²) in [7, 11) is 0. The lowest BCUT2D eigenvalue weighted by Crippen LogP contribution is -2.32. The van der Waals surface area contributed by atoms with Crippen LogP contribution >= 0.6 is 38.9 Å². The molecule has 1 aliphatic rings. The molecule has 0 amide bonds. The summed E-state index contributed by atoms with van der Waals surface area (Å²) in [5.41, 5.74) is 0. The third-order valence-electron chi connectivity index (χ3n) is 3.30. The molecule has 5 heteroatoms. The predicted octanol–water partition coefficient (Wildman–Crippen LogP) is 4.13. The second-order valence-electron chi connectivity index (χ2n) is 4.77. The zero-order chi connectivity index (χ0) is 12.8. The van der Waals surface area contributed by atoms with E-state index in [0.29, 0.717) is 0 Å². The quantitative estimate of drug-likeness (QED) is 0.802. The minimum atomic E-state index is 0.847. The van der Waals surface area contributed by atoms with Crippen molar-refractivity contribution in [2.75, 3.05) is 26.2 Å². The fourth-order valence-electron chi connectivity index (χ4n) is 2.29. The van der Waals surface area contributed by atoms with Crippen LogP contribution in [0.3, 0.4) is 0 Å². The van der Waals surface area contributed by atoms with Gasteiger partial charge in [-0.25, -0.2) is 0 Å². The molecule has 1 fully saturated rings. The van der Waals surface area contributed by atoms with E-state index in [1.165, 1.54) is 50.2 Å². The molecule has 0 bridgehead atoms. The van der Waals surface area contributed by atoms with Crippen molar-refractivity contribution in [2.45, 2.75) is 32.2 Å². The van der Waals surface area contributed by atoms with E-state index in [4.69, 9.17) is 11.6 Å². The zero-order valence-corrected chi connectivity index (χ0v) is 13.7. The van der Waals surface area contributed by atoms with Crippen molar-refractivity contribution in [3.05, 3.63) is 19.8 Å². The van der Waals surface area contributed by atoms with Crippen LogP contribution in [0.4, 0.5) is 0 Å². The maximum atomic E-state index is 6.02. The van der Waals surface area contributed by atoms with E-state index >= 15 is 0 Å². The summed E-state index contributed by atoms with van der Waals surface area (Å²) in [6, 6.07) is 2.10. The highest BCUT2D eigenvalue weighted by Crippen LogP contribution is 2.31. The lowest BCUT2D eigenvalue weighted by Gasteiger charge is -2.19. The van der Waals surface area contributed by atoms with E-state index in [1.54, 1.807) is 11.3 Å². The molecule has 2 heterocycles. The number of hydrogen-bond acceptors (Lipinski definition) is 3. The number of hydrogen-bond donors (Lipinski definition) is 1. The van der Waals surface area contributed by atoms with E-state index in [2.05, 4.69) is 32.2 Å². The van der Waals surface area contributed by atoms with Crippen LogP contribution in [0, 0.1) is 0 Å². The Labute approximate surface area is 127 Å². The van der Waals surface area contributed by atoms with E-state index in [1.807, 2.05) is 0 Å². The lowest BCUT2D eigenvalue weighted by molar-refractivity contribution is 0.284. The number of rotatable bonds is 5. The van der Waals surface area contributed by atoms with Gasteiger partial charge in [-0.15, -0.1) is 11.3 Å². The average molecular weight is 352 g/mol. The summed E-state index contributed by atoms with van der Waals surface area (Å²) in [4.78, 5) is 3.87. The van der Waals surface area contributed by atoms with Crippen LogP contribution in [0.15, 0.2) is 10.5 Å². The van der Waals surface area contributed by atoms with Crippen LogP contribution < -0.4 is 5.32 Å². The second kappa shape index (κ2) is 7.85. The Morgan fingerprint density at radius 1 is 1.28 bits per heavy atom. The van der Waals surface area contributed by atoms with Gasteiger partial charge < -0.3 is 10.2 Å². The van der Waals surface area contributed by atoms with Crippen LogP contribution in [-0.4, -0.2) is 31.1 Å². The van der Waals surface area contributed by atoms with Gasteiger partial charge in [0.1, 0.15) is 4.34 Å². The maximum absolute atomic E-state index is 6.02. The van der Waals surface area contributed by atoms with E-state index < -0.39 is 0 Å². The van der Waals surface area contributed by atoms with Gasteiger partial charge in [0.15, 0.2) is 0 Å². The summed E-state index contributed by atoms with van der Waals surface area (Å²) in [6.45, 7) is 5.70. The Balaban J connectivity index is 1.63. The van der Waals surface area contributed by atoms with E-state index in [0.717, 1.165) is 21.9 Å². The van der Waals surface area contributed by atoms with Crippen molar-refractivity contribution >= 4 is 38.9 Å². The third-order valence-corrected chi connectivity index (χ3v) is 5.77. The fourth-order valence-corrected chi connectivity index (χ4v) is 4.05. The molecule has 0 aliphatic carbocycles. The Morgan fingerprint density at radius 3 is 2.61 bits per heavy atom. The molecule has 1 N–H and O–H groups in total. The first-order valence-corrected chi connectivity index (χ1v) is 8.61. The summed E-state index contributed by atoms with van der Waals surface area (Å²) in [6.07, 6.45) is 5.55. The highest BCUT2D eigenvalue weighted by Gasteiger charge is 2.08. The van der Waals surface area contributed by atoms with Gasteiger partial charge in [-0.1, -0.05) is 24.4 Å². The molecule has 0 saturated carbocycles. The predicted molar refractivity (Wildman–Crippen MR) is 83.6 cm³/mol. The summed E-state index contributed by atoms with van der Waals surface area (Å²) in [5.74, 6) is 0. The third kappa shape index (κ3) is 4.82. The Kier molecular flexibility index (Phi) is 6.45. The van der Waals surface area contributed by atoms with Crippen molar-refractivity contribution in [3.63, 3.8) is 0 Å². The molecule has 0 unspecified atom stereocenters. The van der Waals surface area contributed by atoms with Crippen molar-refractivity contribution in [2.24, 2.45) is 0 Å². The Bertz CT molecular complexity index is 342. The monoisotopic (exact) mass is 350 g/mol. The minimum absolute atomic E-state index is 0.847. The molecule has 18 heavy (non-hydrogen) atoms. The van der Waals surface area contributed by atoms with Crippen LogP contribution in [0.2, 0.25) is 4.34 Å². The van der Waals surface area contributed by atoms with Gasteiger partial charge in [-0.3, -0.25) is 0 Å². The second-order valence-corrected chi connectivity index (χ2v) is 7.36. The number of halogens is 2. The first-order chi connectivity index (χ1) is 8.75. The molecule has 0 atom stereocenters. The van der Waals surface area contributed by atoms with Gasteiger partial charge in [-0.05, 0) is 47.9 Å². The molecular weight excluding hydrogens is 332 g/mol. The van der Waals surface area contributed by atoms with Crippen molar-refractivity contribution in [3.8, 4) is 0 Å². The van der Waals surface area contributed by atoms with Gasteiger partial charge in [-0.2, -0.15) is 0 Å². The smallest absolute Gasteiger partial charge is 0.107 e. The van der Waals surface area contributed by atoms with Crippen molar-refractivity contribution in [1.29, 1.82) is 0 Å². The normalized spacial score (nSPS) is 17.9. The molecule has 0 radical (unpaired) electrons. The molecule has 0 aromatic carbocycles. The zero-order valence-electron chi connectivity index (χ0n) is 10.6. The highest BCUT2D eigenvalue weighted by atomic mass is 79.9. The number of likely N-dealkylation sites (tertiary alicyclic amines) is 1. The van der Waals surface area contributed by atoms with Gasteiger partial charge in [0.2, 0.25) is 0 Å². The molecular formula is C13H20BrClN2S. The Morgan fingerprint density at radius 2 is 2.00 bits per heavy atom. The number of nitrogens with zero attached hydrogens (tertiary/aromatic N) is 1.